The molecular formula is C10H25N2Sb. The third kappa shape index (κ3) is 4.18. The summed E-state index contributed by atoms with van der Waals surface area (Å²) in [5.41, 5.74) is 0. The molecule has 0 atom stereocenters. The molecule has 3 heteroatoms. The number of nitrogens with zero attached hydrogens (tertiary/aromatic N) is 2. The van der Waals surface area contributed by atoms with Crippen molar-refractivity contribution in [2.75, 3.05) is 26.2 Å². The summed E-state index contributed by atoms with van der Waals surface area (Å²) < 4.78 is 6.84. The Kier molecular flexibility index (Phi) is 8.54. The topological polar surface area (TPSA) is 6.48 Å². The average molecular weight is 295 g/mol. The monoisotopic (exact) mass is 294 g/mol. The van der Waals surface area contributed by atoms with Gasteiger partial charge in [0.2, 0.25) is 0 Å². The van der Waals surface area contributed by atoms with Gasteiger partial charge in [0.25, 0.3) is 0 Å². The normalized spacial score (nSPS) is 12.0. The van der Waals surface area contributed by atoms with Crippen LogP contribution in [0.25, 0.3) is 0 Å². The Bertz CT molecular complexity index is 99.5. The fourth-order valence-corrected chi connectivity index (χ4v) is 8.71. The molecule has 0 aliphatic heterocycles. The van der Waals surface area contributed by atoms with Crippen LogP contribution in [0.5, 0.6) is 0 Å². The Hall–Kier alpha value is 0.738. The average Bonchev–Trinajstić information content (AvgIpc) is 2.18. The SMILES string of the molecule is CC[N](CC)[Sb]([CH2]C)[N](CC)CC. The zero-order chi connectivity index (χ0) is 10.3. The summed E-state index contributed by atoms with van der Waals surface area (Å²) in [6.07, 6.45) is 0. The van der Waals surface area contributed by atoms with E-state index in [-0.39, 0.29) is 0 Å². The van der Waals surface area contributed by atoms with Crippen LogP contribution in [0.15, 0.2) is 0 Å². The predicted octanol–water partition coefficient (Wildman–Crippen LogP) is 2.18. The standard InChI is InChI=1S/2C4H10N.C2H5.Sb/c2*1-3-5-4-2;1-2;/h2*3-4H2,1-2H3;1H2,2H3;/q2*-1;;+2. The number of rotatable bonds is 7. The molecule has 0 rings (SSSR count). The van der Waals surface area contributed by atoms with Crippen LogP contribution in [0.2, 0.25) is 4.37 Å². The third-order valence-corrected chi connectivity index (χ3v) is 11.0. The maximum absolute atomic E-state index is 2.72. The minimum absolute atomic E-state index is 1.23. The minimum atomic E-state index is -1.23. The number of hydrogen-bond donors (Lipinski definition) is 0. The molecule has 80 valence electrons. The second-order valence-electron chi connectivity index (χ2n) is 2.97. The first-order valence-corrected chi connectivity index (χ1v) is 9.61. The Morgan fingerprint density at radius 2 is 1.00 bits per heavy atom. The predicted molar refractivity (Wildman–Crippen MR) is 62.1 cm³/mol. The Morgan fingerprint density at radius 3 is 1.15 bits per heavy atom. The molecule has 0 amide bonds. The van der Waals surface area contributed by atoms with Gasteiger partial charge < -0.3 is 0 Å². The molecule has 0 saturated carbocycles. The van der Waals surface area contributed by atoms with E-state index in [0.717, 1.165) is 0 Å². The van der Waals surface area contributed by atoms with Gasteiger partial charge in [-0.15, -0.1) is 0 Å². The molecule has 0 N–H and O–H groups in total. The Balaban J connectivity index is 4.26. The molecule has 0 spiro atoms. The molecule has 0 aromatic carbocycles. The third-order valence-electron chi connectivity index (χ3n) is 2.40. The van der Waals surface area contributed by atoms with Crippen molar-refractivity contribution in [1.82, 2.24) is 6.12 Å². The van der Waals surface area contributed by atoms with E-state index in [1.807, 2.05) is 0 Å². The fourth-order valence-electron chi connectivity index (χ4n) is 1.68. The molecule has 0 fully saturated rings. The van der Waals surface area contributed by atoms with Gasteiger partial charge in [0.05, 0.1) is 0 Å². The van der Waals surface area contributed by atoms with Crippen LogP contribution in [0, 0.1) is 0 Å². The molecule has 13 heavy (non-hydrogen) atoms. The van der Waals surface area contributed by atoms with E-state index in [2.05, 4.69) is 40.7 Å². The molecule has 0 aliphatic carbocycles. The molecule has 0 aliphatic rings. The first-order chi connectivity index (χ1) is 6.24. The van der Waals surface area contributed by atoms with Crippen molar-refractivity contribution >= 4 is 20.8 Å². The van der Waals surface area contributed by atoms with Crippen molar-refractivity contribution in [3.05, 3.63) is 0 Å². The second kappa shape index (κ2) is 8.08. The Morgan fingerprint density at radius 1 is 0.692 bits per heavy atom. The quantitative estimate of drug-likeness (QED) is 0.664. The Labute approximate surface area is 92.0 Å². The van der Waals surface area contributed by atoms with Crippen LogP contribution >= 0.6 is 0 Å². The van der Waals surface area contributed by atoms with E-state index in [9.17, 15) is 0 Å². The molecule has 0 bridgehead atoms. The molecule has 2 nitrogen and oxygen atoms in total. The number of hydrogen-bond acceptors (Lipinski definition) is 2. The van der Waals surface area contributed by atoms with E-state index < -0.39 is 20.8 Å². The van der Waals surface area contributed by atoms with Crippen molar-refractivity contribution in [3.8, 4) is 0 Å². The van der Waals surface area contributed by atoms with E-state index in [4.69, 9.17) is 0 Å². The zero-order valence-corrected chi connectivity index (χ0v) is 12.4. The van der Waals surface area contributed by atoms with Gasteiger partial charge in [-0.2, -0.15) is 0 Å². The van der Waals surface area contributed by atoms with Gasteiger partial charge in [0, 0.05) is 0 Å². The van der Waals surface area contributed by atoms with Crippen LogP contribution in [0.4, 0.5) is 0 Å². The van der Waals surface area contributed by atoms with Crippen molar-refractivity contribution in [2.45, 2.75) is 39.0 Å². The van der Waals surface area contributed by atoms with E-state index in [1.54, 1.807) is 0 Å². The van der Waals surface area contributed by atoms with Gasteiger partial charge in [-0.05, 0) is 0 Å². The van der Waals surface area contributed by atoms with Gasteiger partial charge in [-0.25, -0.2) is 0 Å². The summed E-state index contributed by atoms with van der Waals surface area (Å²) in [6, 6.07) is 0. The van der Waals surface area contributed by atoms with E-state index in [0.29, 0.717) is 0 Å². The summed E-state index contributed by atoms with van der Waals surface area (Å²) in [6.45, 7) is 16.5. The molecule has 0 aromatic heterocycles. The van der Waals surface area contributed by atoms with Crippen molar-refractivity contribution in [1.29, 1.82) is 0 Å². The summed E-state index contributed by atoms with van der Waals surface area (Å²) in [4.78, 5) is 0. The molecule has 0 aromatic rings. The summed E-state index contributed by atoms with van der Waals surface area (Å²) >= 11 is -1.23. The summed E-state index contributed by atoms with van der Waals surface area (Å²) in [5.74, 6) is 0. The molecule has 0 radical (unpaired) electrons. The van der Waals surface area contributed by atoms with Crippen LogP contribution in [0.1, 0.15) is 34.6 Å². The van der Waals surface area contributed by atoms with Gasteiger partial charge >= 0.3 is 92.0 Å². The van der Waals surface area contributed by atoms with Crippen LogP contribution in [-0.4, -0.2) is 53.1 Å². The molecule has 0 unspecified atom stereocenters. The van der Waals surface area contributed by atoms with Crippen LogP contribution in [0.3, 0.4) is 0 Å². The molecular weight excluding hydrogens is 270 g/mol. The van der Waals surface area contributed by atoms with Crippen molar-refractivity contribution in [3.63, 3.8) is 0 Å². The second-order valence-corrected chi connectivity index (χ2v) is 10.1. The van der Waals surface area contributed by atoms with Gasteiger partial charge in [-0.1, -0.05) is 0 Å². The summed E-state index contributed by atoms with van der Waals surface area (Å²) in [7, 11) is 0. The fraction of sp³-hybridized carbons (Fsp3) is 1.00. The van der Waals surface area contributed by atoms with Crippen LogP contribution in [-0.2, 0) is 0 Å². The maximum atomic E-state index is 2.72. The molecule has 0 saturated heterocycles. The van der Waals surface area contributed by atoms with Gasteiger partial charge in [0.15, 0.2) is 0 Å². The van der Waals surface area contributed by atoms with Crippen molar-refractivity contribution in [2.24, 2.45) is 0 Å². The first kappa shape index (κ1) is 13.7. The van der Waals surface area contributed by atoms with E-state index >= 15 is 0 Å². The van der Waals surface area contributed by atoms with Crippen molar-refractivity contribution < 1.29 is 0 Å². The molecule has 0 heterocycles. The van der Waals surface area contributed by atoms with Gasteiger partial charge in [-0.3, -0.25) is 0 Å². The first-order valence-electron chi connectivity index (χ1n) is 5.52. The summed E-state index contributed by atoms with van der Waals surface area (Å²) in [5, 5.41) is 0. The zero-order valence-electron chi connectivity index (χ0n) is 9.88. The van der Waals surface area contributed by atoms with Crippen LogP contribution < -0.4 is 0 Å². The van der Waals surface area contributed by atoms with E-state index in [1.165, 1.54) is 30.5 Å². The van der Waals surface area contributed by atoms with Gasteiger partial charge in [0.1, 0.15) is 0 Å².